The highest BCUT2D eigenvalue weighted by Crippen LogP contribution is 2.39. The number of fused-ring (bicyclic) bond motifs is 3. The maximum Gasteiger partial charge on any atom is 0.0931 e. The molecule has 1 aromatic heterocycles. The minimum absolute atomic E-state index is 0.237. The van der Waals surface area contributed by atoms with Crippen molar-refractivity contribution in [3.63, 3.8) is 0 Å². The maximum atomic E-state index is 11.3. The van der Waals surface area contributed by atoms with E-state index >= 15 is 0 Å². The summed E-state index contributed by atoms with van der Waals surface area (Å²) in [5.74, 6) is 0. The first-order chi connectivity index (χ1) is 10.2. The Labute approximate surface area is 124 Å². The van der Waals surface area contributed by atoms with E-state index in [1.54, 1.807) is 0 Å². The smallest absolute Gasteiger partial charge is 0.0931 e. The van der Waals surface area contributed by atoms with Gasteiger partial charge >= 0.3 is 0 Å². The molecule has 2 N–H and O–H groups in total. The lowest BCUT2D eigenvalue weighted by molar-refractivity contribution is -0.0804. The molecule has 3 heterocycles. The Morgan fingerprint density at radius 1 is 1.24 bits per heavy atom. The summed E-state index contributed by atoms with van der Waals surface area (Å²) in [5, 5.41) is 15.9. The monoisotopic (exact) mass is 284 g/mol. The summed E-state index contributed by atoms with van der Waals surface area (Å²) in [6.07, 6.45) is 3.21. The normalized spacial score (nSPS) is 32.3. The van der Waals surface area contributed by atoms with Crippen LogP contribution in [0.1, 0.15) is 24.0 Å². The number of morpholine rings is 1. The molecule has 4 rings (SSSR count). The van der Waals surface area contributed by atoms with Crippen LogP contribution >= 0.6 is 0 Å². The summed E-state index contributed by atoms with van der Waals surface area (Å²) < 4.78 is 5.58. The van der Waals surface area contributed by atoms with Gasteiger partial charge in [0.1, 0.15) is 0 Å². The first-order valence-corrected chi connectivity index (χ1v) is 7.57. The van der Waals surface area contributed by atoms with E-state index in [1.807, 2.05) is 12.3 Å². The standard InChI is InChI=1S/C17H20N2O2/c1-11-15(5-4-12-3-2-6-18-16(11)12)17(20)7-13-9-21-10-14(8-17)19-13/h2-6,13-14,19-20H,7-10H2,1H3. The van der Waals surface area contributed by atoms with E-state index in [4.69, 9.17) is 4.74 Å². The van der Waals surface area contributed by atoms with E-state index in [1.165, 1.54) is 0 Å². The van der Waals surface area contributed by atoms with Crippen LogP contribution < -0.4 is 5.32 Å². The van der Waals surface area contributed by atoms with Crippen LogP contribution in [-0.4, -0.2) is 35.4 Å². The van der Waals surface area contributed by atoms with Gasteiger partial charge in [-0.15, -0.1) is 0 Å². The molecule has 110 valence electrons. The molecule has 0 radical (unpaired) electrons. The zero-order valence-corrected chi connectivity index (χ0v) is 12.2. The summed E-state index contributed by atoms with van der Waals surface area (Å²) in [6, 6.07) is 8.62. The van der Waals surface area contributed by atoms with E-state index < -0.39 is 5.60 Å². The third kappa shape index (κ3) is 2.14. The Morgan fingerprint density at radius 3 is 2.76 bits per heavy atom. The first-order valence-electron chi connectivity index (χ1n) is 7.57. The van der Waals surface area contributed by atoms with E-state index in [0.29, 0.717) is 26.1 Å². The van der Waals surface area contributed by atoms with E-state index in [-0.39, 0.29) is 12.1 Å². The summed E-state index contributed by atoms with van der Waals surface area (Å²) in [5.41, 5.74) is 2.33. The summed E-state index contributed by atoms with van der Waals surface area (Å²) in [6.45, 7) is 3.43. The fraction of sp³-hybridized carbons (Fsp3) is 0.471. The van der Waals surface area contributed by atoms with Crippen LogP contribution in [0.25, 0.3) is 10.9 Å². The quantitative estimate of drug-likeness (QED) is 0.839. The van der Waals surface area contributed by atoms with Gasteiger partial charge in [0.25, 0.3) is 0 Å². The van der Waals surface area contributed by atoms with Crippen LogP contribution in [0, 0.1) is 6.92 Å². The molecule has 2 saturated heterocycles. The van der Waals surface area contributed by atoms with Crippen molar-refractivity contribution in [2.24, 2.45) is 0 Å². The Balaban J connectivity index is 1.80. The van der Waals surface area contributed by atoms with Gasteiger partial charge in [0.2, 0.25) is 0 Å². The third-order valence-corrected chi connectivity index (χ3v) is 4.81. The Bertz CT molecular complexity index is 674. The van der Waals surface area contributed by atoms with Gasteiger partial charge in [0.15, 0.2) is 0 Å². The van der Waals surface area contributed by atoms with Crippen LogP contribution in [0.2, 0.25) is 0 Å². The Morgan fingerprint density at radius 2 is 2.00 bits per heavy atom. The highest BCUT2D eigenvalue weighted by Gasteiger charge is 2.43. The summed E-state index contributed by atoms with van der Waals surface area (Å²) >= 11 is 0. The molecule has 2 atom stereocenters. The molecule has 2 aliphatic heterocycles. The molecule has 2 unspecified atom stereocenters. The highest BCUT2D eigenvalue weighted by atomic mass is 16.5. The molecule has 0 aliphatic carbocycles. The van der Waals surface area contributed by atoms with Crippen molar-refractivity contribution in [2.75, 3.05) is 13.2 Å². The average molecular weight is 284 g/mol. The molecule has 4 nitrogen and oxygen atoms in total. The fourth-order valence-electron chi connectivity index (χ4n) is 3.93. The van der Waals surface area contributed by atoms with E-state index in [9.17, 15) is 5.11 Å². The van der Waals surface area contributed by atoms with Crippen LogP contribution in [0.15, 0.2) is 30.5 Å². The lowest BCUT2D eigenvalue weighted by Gasteiger charge is -2.45. The minimum Gasteiger partial charge on any atom is -0.385 e. The van der Waals surface area contributed by atoms with Crippen molar-refractivity contribution in [1.82, 2.24) is 10.3 Å². The number of rotatable bonds is 1. The van der Waals surface area contributed by atoms with E-state index in [2.05, 4.69) is 35.4 Å². The van der Waals surface area contributed by atoms with Gasteiger partial charge in [-0.25, -0.2) is 0 Å². The molecule has 2 aliphatic rings. The molecule has 0 amide bonds. The second-order valence-corrected chi connectivity index (χ2v) is 6.35. The molecule has 0 spiro atoms. The Kier molecular flexibility index (Phi) is 2.99. The van der Waals surface area contributed by atoms with Crippen LogP contribution in [-0.2, 0) is 10.3 Å². The number of aromatic nitrogens is 1. The van der Waals surface area contributed by atoms with Crippen molar-refractivity contribution in [1.29, 1.82) is 0 Å². The number of aryl methyl sites for hydroxylation is 1. The third-order valence-electron chi connectivity index (χ3n) is 4.81. The van der Waals surface area contributed by atoms with Gasteiger partial charge in [-0.1, -0.05) is 18.2 Å². The molecule has 1 aromatic carbocycles. The molecule has 2 aromatic rings. The lowest BCUT2D eigenvalue weighted by Crippen LogP contribution is -2.58. The van der Waals surface area contributed by atoms with Gasteiger partial charge < -0.3 is 15.2 Å². The number of piperidine rings is 1. The zero-order chi connectivity index (χ0) is 14.4. The number of hydrogen-bond donors (Lipinski definition) is 2. The molecule has 2 fully saturated rings. The fourth-order valence-corrected chi connectivity index (χ4v) is 3.93. The second kappa shape index (κ2) is 4.77. The van der Waals surface area contributed by atoms with Gasteiger partial charge in [-0.2, -0.15) is 0 Å². The van der Waals surface area contributed by atoms with Gasteiger partial charge in [0.05, 0.1) is 24.3 Å². The van der Waals surface area contributed by atoms with Crippen molar-refractivity contribution >= 4 is 10.9 Å². The van der Waals surface area contributed by atoms with Crippen molar-refractivity contribution in [2.45, 2.75) is 37.5 Å². The Hall–Kier alpha value is -1.49. The average Bonchev–Trinajstić information content (AvgIpc) is 2.47. The topological polar surface area (TPSA) is 54.4 Å². The highest BCUT2D eigenvalue weighted by molar-refractivity contribution is 5.82. The minimum atomic E-state index is -0.778. The van der Waals surface area contributed by atoms with E-state index in [0.717, 1.165) is 22.0 Å². The van der Waals surface area contributed by atoms with Crippen molar-refractivity contribution < 1.29 is 9.84 Å². The number of nitrogens with one attached hydrogen (secondary N) is 1. The zero-order valence-electron chi connectivity index (χ0n) is 12.2. The number of benzene rings is 1. The molecular weight excluding hydrogens is 264 g/mol. The molecule has 0 saturated carbocycles. The lowest BCUT2D eigenvalue weighted by atomic mass is 9.76. The van der Waals surface area contributed by atoms with Crippen LogP contribution in [0.4, 0.5) is 0 Å². The number of pyridine rings is 1. The molecule has 21 heavy (non-hydrogen) atoms. The molecular formula is C17H20N2O2. The maximum absolute atomic E-state index is 11.3. The second-order valence-electron chi connectivity index (χ2n) is 6.35. The summed E-state index contributed by atoms with van der Waals surface area (Å²) in [4.78, 5) is 4.49. The van der Waals surface area contributed by atoms with Gasteiger partial charge in [0, 0.05) is 23.7 Å². The van der Waals surface area contributed by atoms with Gasteiger partial charge in [-0.05, 0) is 37.0 Å². The van der Waals surface area contributed by atoms with Gasteiger partial charge in [-0.3, -0.25) is 4.98 Å². The van der Waals surface area contributed by atoms with Crippen molar-refractivity contribution in [3.8, 4) is 0 Å². The van der Waals surface area contributed by atoms with Crippen molar-refractivity contribution in [3.05, 3.63) is 41.6 Å². The van der Waals surface area contributed by atoms with Crippen LogP contribution in [0.5, 0.6) is 0 Å². The SMILES string of the molecule is Cc1c(C2(O)CC3COCC(C2)N3)ccc2cccnc12. The predicted octanol–water partition coefficient (Wildman–Crippen LogP) is 1.88. The number of aliphatic hydroxyl groups is 1. The largest absolute Gasteiger partial charge is 0.385 e. The number of ether oxygens (including phenoxy) is 1. The predicted molar refractivity (Wildman–Crippen MR) is 81.1 cm³/mol. The number of nitrogens with zero attached hydrogens (tertiary/aromatic N) is 1. The summed E-state index contributed by atoms with van der Waals surface area (Å²) in [7, 11) is 0. The first kappa shape index (κ1) is 13.2. The molecule has 2 bridgehead atoms. The number of hydrogen-bond acceptors (Lipinski definition) is 4. The molecule has 4 heteroatoms. The van der Waals surface area contributed by atoms with Crippen LogP contribution in [0.3, 0.4) is 0 Å².